The molecule has 0 spiro atoms. The first-order chi connectivity index (χ1) is 11.5. The third-order valence-electron chi connectivity index (χ3n) is 4.05. The number of rotatable bonds is 3. The molecule has 0 radical (unpaired) electrons. The number of hydrogen-bond donors (Lipinski definition) is 0. The molecule has 2 heterocycles. The summed E-state index contributed by atoms with van der Waals surface area (Å²) in [5.41, 5.74) is 1.51. The normalized spacial score (nSPS) is 18.2. The lowest BCUT2D eigenvalue weighted by molar-refractivity contribution is -0.0228. The molecule has 0 unspecified atom stereocenters. The fourth-order valence-electron chi connectivity index (χ4n) is 2.66. The number of ether oxygens (including phenoxy) is 1. The standard InChI is InChI=1S/C17H19Cl2N3O2/c1-11(2)22-9-13(8-20-22)17(23)21-5-6-24-16(10-21)12-3-4-14(18)15(19)7-12/h3-4,7-9,11,16H,5-6,10H2,1-2H3/t16-/m0/s1. The minimum atomic E-state index is -0.211. The maximum Gasteiger partial charge on any atom is 0.257 e. The Kier molecular flexibility index (Phi) is 5.13. The number of morpholine rings is 1. The van der Waals surface area contributed by atoms with Gasteiger partial charge in [0.25, 0.3) is 5.91 Å². The molecule has 1 aromatic carbocycles. The average molecular weight is 368 g/mol. The van der Waals surface area contributed by atoms with Crippen LogP contribution in [0.15, 0.2) is 30.6 Å². The molecule has 2 aromatic rings. The number of hydrogen-bond acceptors (Lipinski definition) is 3. The van der Waals surface area contributed by atoms with Gasteiger partial charge in [-0.15, -0.1) is 0 Å². The zero-order valence-electron chi connectivity index (χ0n) is 13.6. The van der Waals surface area contributed by atoms with E-state index in [1.54, 1.807) is 34.1 Å². The maximum atomic E-state index is 12.7. The van der Waals surface area contributed by atoms with Gasteiger partial charge in [-0.1, -0.05) is 29.3 Å². The zero-order valence-corrected chi connectivity index (χ0v) is 15.1. The smallest absolute Gasteiger partial charge is 0.257 e. The quantitative estimate of drug-likeness (QED) is 0.823. The number of carbonyl (C=O) groups is 1. The van der Waals surface area contributed by atoms with Crippen LogP contribution in [0.4, 0.5) is 0 Å². The van der Waals surface area contributed by atoms with E-state index in [0.717, 1.165) is 5.56 Å². The summed E-state index contributed by atoms with van der Waals surface area (Å²) in [7, 11) is 0. The molecule has 1 aliphatic rings. The first kappa shape index (κ1) is 17.3. The Balaban J connectivity index is 1.74. The van der Waals surface area contributed by atoms with Crippen molar-refractivity contribution in [2.24, 2.45) is 0 Å². The van der Waals surface area contributed by atoms with Crippen LogP contribution in [0.3, 0.4) is 0 Å². The lowest BCUT2D eigenvalue weighted by atomic mass is 10.1. The SMILES string of the molecule is CC(C)n1cc(C(=O)N2CCO[C@H](c3ccc(Cl)c(Cl)c3)C2)cn1. The van der Waals surface area contributed by atoms with Gasteiger partial charge in [0.2, 0.25) is 0 Å². The van der Waals surface area contributed by atoms with Gasteiger partial charge in [0.15, 0.2) is 0 Å². The molecule has 1 saturated heterocycles. The minimum Gasteiger partial charge on any atom is -0.370 e. The number of carbonyl (C=O) groups excluding carboxylic acids is 1. The summed E-state index contributed by atoms with van der Waals surface area (Å²) in [4.78, 5) is 14.5. The highest BCUT2D eigenvalue weighted by molar-refractivity contribution is 6.42. The molecule has 1 aromatic heterocycles. The highest BCUT2D eigenvalue weighted by Gasteiger charge is 2.27. The topological polar surface area (TPSA) is 47.4 Å². The van der Waals surface area contributed by atoms with Crippen molar-refractivity contribution in [3.63, 3.8) is 0 Å². The van der Waals surface area contributed by atoms with Gasteiger partial charge in [-0.25, -0.2) is 0 Å². The molecule has 0 aliphatic carbocycles. The molecule has 24 heavy (non-hydrogen) atoms. The van der Waals surface area contributed by atoms with E-state index in [4.69, 9.17) is 27.9 Å². The summed E-state index contributed by atoms with van der Waals surface area (Å²) in [6, 6.07) is 5.64. The van der Waals surface area contributed by atoms with Gasteiger partial charge in [-0.3, -0.25) is 9.48 Å². The Morgan fingerprint density at radius 3 is 2.79 bits per heavy atom. The summed E-state index contributed by atoms with van der Waals surface area (Å²) in [5, 5.41) is 5.23. The van der Waals surface area contributed by atoms with Crippen molar-refractivity contribution in [3.05, 3.63) is 51.8 Å². The van der Waals surface area contributed by atoms with Crippen LogP contribution < -0.4 is 0 Å². The fourth-order valence-corrected chi connectivity index (χ4v) is 2.97. The van der Waals surface area contributed by atoms with Crippen LogP contribution in [-0.2, 0) is 4.74 Å². The van der Waals surface area contributed by atoms with Crippen LogP contribution in [0, 0.1) is 0 Å². The van der Waals surface area contributed by atoms with Crippen LogP contribution in [0.1, 0.15) is 41.9 Å². The van der Waals surface area contributed by atoms with Gasteiger partial charge >= 0.3 is 0 Å². The van der Waals surface area contributed by atoms with Crippen molar-refractivity contribution in [2.75, 3.05) is 19.7 Å². The average Bonchev–Trinajstić information content (AvgIpc) is 3.07. The second-order valence-corrected chi connectivity index (χ2v) is 6.90. The fraction of sp³-hybridized carbons (Fsp3) is 0.412. The molecule has 128 valence electrons. The van der Waals surface area contributed by atoms with E-state index in [2.05, 4.69) is 5.10 Å². The second kappa shape index (κ2) is 7.13. The molecule has 5 nitrogen and oxygen atoms in total. The van der Waals surface area contributed by atoms with Crippen molar-refractivity contribution < 1.29 is 9.53 Å². The lowest BCUT2D eigenvalue weighted by Crippen LogP contribution is -2.42. The molecule has 1 aliphatic heterocycles. The second-order valence-electron chi connectivity index (χ2n) is 6.09. The first-order valence-electron chi connectivity index (χ1n) is 7.85. The molecule has 0 bridgehead atoms. The summed E-state index contributed by atoms with van der Waals surface area (Å²) < 4.78 is 7.58. The summed E-state index contributed by atoms with van der Waals surface area (Å²) in [5.74, 6) is -0.0322. The molecule has 0 N–H and O–H groups in total. The molecule has 3 rings (SSSR count). The summed E-state index contributed by atoms with van der Waals surface area (Å²) >= 11 is 12.0. The van der Waals surface area contributed by atoms with Crippen molar-refractivity contribution >= 4 is 29.1 Å². The Labute approximate surface area is 151 Å². The maximum absolute atomic E-state index is 12.7. The van der Waals surface area contributed by atoms with E-state index in [9.17, 15) is 4.79 Å². The van der Waals surface area contributed by atoms with E-state index in [-0.39, 0.29) is 18.1 Å². The third kappa shape index (κ3) is 3.58. The first-order valence-corrected chi connectivity index (χ1v) is 8.61. The van der Waals surface area contributed by atoms with Crippen LogP contribution >= 0.6 is 23.2 Å². The van der Waals surface area contributed by atoms with E-state index in [1.165, 1.54) is 0 Å². The summed E-state index contributed by atoms with van der Waals surface area (Å²) in [6.45, 7) is 5.56. The Morgan fingerprint density at radius 2 is 2.12 bits per heavy atom. The van der Waals surface area contributed by atoms with Crippen LogP contribution in [0.2, 0.25) is 10.0 Å². The molecule has 1 amide bonds. The number of halogens is 2. The molecule has 7 heteroatoms. The van der Waals surface area contributed by atoms with Crippen LogP contribution in [0.5, 0.6) is 0 Å². The molecule has 1 fully saturated rings. The minimum absolute atomic E-state index is 0.0322. The Bertz CT molecular complexity index is 745. The van der Waals surface area contributed by atoms with Gasteiger partial charge in [0.05, 0.1) is 35.0 Å². The van der Waals surface area contributed by atoms with Crippen LogP contribution in [0.25, 0.3) is 0 Å². The van der Waals surface area contributed by atoms with Gasteiger partial charge in [-0.2, -0.15) is 5.10 Å². The van der Waals surface area contributed by atoms with Gasteiger partial charge < -0.3 is 9.64 Å². The third-order valence-corrected chi connectivity index (χ3v) is 4.79. The van der Waals surface area contributed by atoms with Crippen molar-refractivity contribution in [2.45, 2.75) is 26.0 Å². The van der Waals surface area contributed by atoms with Gasteiger partial charge in [0.1, 0.15) is 6.10 Å². The van der Waals surface area contributed by atoms with E-state index in [0.29, 0.717) is 35.3 Å². The predicted molar refractivity (Wildman–Crippen MR) is 93.7 cm³/mol. The number of aromatic nitrogens is 2. The van der Waals surface area contributed by atoms with Gasteiger partial charge in [-0.05, 0) is 31.5 Å². The molecular weight excluding hydrogens is 349 g/mol. The monoisotopic (exact) mass is 367 g/mol. The Morgan fingerprint density at radius 1 is 1.33 bits per heavy atom. The van der Waals surface area contributed by atoms with Crippen molar-refractivity contribution in [3.8, 4) is 0 Å². The van der Waals surface area contributed by atoms with Crippen LogP contribution in [-0.4, -0.2) is 40.3 Å². The van der Waals surface area contributed by atoms with Gasteiger partial charge in [0, 0.05) is 18.8 Å². The van der Waals surface area contributed by atoms with E-state index < -0.39 is 0 Å². The number of amides is 1. The number of benzene rings is 1. The lowest BCUT2D eigenvalue weighted by Gasteiger charge is -2.33. The van der Waals surface area contributed by atoms with E-state index >= 15 is 0 Å². The van der Waals surface area contributed by atoms with Crippen molar-refractivity contribution in [1.29, 1.82) is 0 Å². The highest BCUT2D eigenvalue weighted by atomic mass is 35.5. The van der Waals surface area contributed by atoms with Crippen molar-refractivity contribution in [1.82, 2.24) is 14.7 Å². The highest BCUT2D eigenvalue weighted by Crippen LogP contribution is 2.29. The molecule has 1 atom stereocenters. The van der Waals surface area contributed by atoms with E-state index in [1.807, 2.05) is 19.9 Å². The Hall–Kier alpha value is -1.56. The molecule has 0 saturated carbocycles. The summed E-state index contributed by atoms with van der Waals surface area (Å²) in [6.07, 6.45) is 3.19. The molecular formula is C17H19Cl2N3O2. The largest absolute Gasteiger partial charge is 0.370 e. The predicted octanol–water partition coefficient (Wildman–Crippen LogP) is 3.98. The number of nitrogens with zero attached hydrogens (tertiary/aromatic N) is 3. The zero-order chi connectivity index (χ0) is 17.3.